The lowest BCUT2D eigenvalue weighted by molar-refractivity contribution is 0.0954. The molecule has 2 rings (SSSR count). The van der Waals surface area contributed by atoms with Crippen molar-refractivity contribution in [3.05, 3.63) is 30.0 Å². The summed E-state index contributed by atoms with van der Waals surface area (Å²) in [6, 6.07) is 5.53. The maximum absolute atomic E-state index is 12.0. The molecule has 0 spiro atoms. The number of hydrogen-bond acceptors (Lipinski definition) is 2. The molecule has 0 aliphatic heterocycles. The highest BCUT2D eigenvalue weighted by molar-refractivity contribution is 6.07. The number of rotatable bonds is 5. The van der Waals surface area contributed by atoms with E-state index in [9.17, 15) is 4.79 Å². The van der Waals surface area contributed by atoms with Gasteiger partial charge < -0.3 is 16.0 Å². The molecule has 0 saturated carbocycles. The summed E-state index contributed by atoms with van der Waals surface area (Å²) in [5.41, 5.74) is 8.01. The number of hydrogen-bond donors (Lipinski definition) is 3. The van der Waals surface area contributed by atoms with Gasteiger partial charge in [0.05, 0.1) is 5.56 Å². The molecule has 0 aliphatic carbocycles. The topological polar surface area (TPSA) is 70.9 Å². The third-order valence-corrected chi connectivity index (χ3v) is 3.02. The summed E-state index contributed by atoms with van der Waals surface area (Å²) in [6.07, 6.45) is 5.05. The largest absolute Gasteiger partial charge is 0.399 e. The van der Waals surface area contributed by atoms with Gasteiger partial charge in [-0.2, -0.15) is 0 Å². The molecule has 0 fully saturated rings. The molecule has 0 atom stereocenters. The smallest absolute Gasteiger partial charge is 0.253 e. The van der Waals surface area contributed by atoms with Crippen molar-refractivity contribution in [2.75, 3.05) is 12.3 Å². The van der Waals surface area contributed by atoms with E-state index in [0.717, 1.165) is 36.7 Å². The number of aromatic amines is 1. The number of nitrogens with one attached hydrogen (secondary N) is 2. The Bertz CT molecular complexity index is 545. The van der Waals surface area contributed by atoms with E-state index >= 15 is 0 Å². The van der Waals surface area contributed by atoms with Crippen LogP contribution in [0.3, 0.4) is 0 Å². The van der Waals surface area contributed by atoms with Crippen LogP contribution in [0.15, 0.2) is 24.4 Å². The number of H-pyrrole nitrogens is 1. The second kappa shape index (κ2) is 5.58. The van der Waals surface area contributed by atoms with Crippen LogP contribution in [0.5, 0.6) is 0 Å². The maximum Gasteiger partial charge on any atom is 0.253 e. The fourth-order valence-corrected chi connectivity index (χ4v) is 2.00. The lowest BCUT2D eigenvalue weighted by Gasteiger charge is -2.03. The standard InChI is InChI=1S/C14H19N3O/c1-2-3-4-7-16-14(18)12-9-17-13-6-5-10(15)8-11(12)13/h5-6,8-9,17H,2-4,7,15H2,1H3,(H,16,18). The molecular weight excluding hydrogens is 226 g/mol. The average Bonchev–Trinajstić information content (AvgIpc) is 2.77. The second-order valence-electron chi connectivity index (χ2n) is 4.47. The van der Waals surface area contributed by atoms with Gasteiger partial charge in [0.2, 0.25) is 0 Å². The lowest BCUT2D eigenvalue weighted by atomic mass is 10.1. The first-order valence-electron chi connectivity index (χ1n) is 6.37. The predicted molar refractivity (Wildman–Crippen MR) is 74.6 cm³/mol. The molecular formula is C14H19N3O. The zero-order valence-corrected chi connectivity index (χ0v) is 10.6. The first kappa shape index (κ1) is 12.5. The van der Waals surface area contributed by atoms with Crippen molar-refractivity contribution < 1.29 is 4.79 Å². The molecule has 1 aromatic heterocycles. The van der Waals surface area contributed by atoms with Gasteiger partial charge in [-0.15, -0.1) is 0 Å². The van der Waals surface area contributed by atoms with E-state index in [1.54, 1.807) is 6.20 Å². The molecule has 0 radical (unpaired) electrons. The Kier molecular flexibility index (Phi) is 3.87. The summed E-state index contributed by atoms with van der Waals surface area (Å²) < 4.78 is 0. The number of carbonyl (C=O) groups excluding carboxylic acids is 1. The number of benzene rings is 1. The number of amides is 1. The summed E-state index contributed by atoms with van der Waals surface area (Å²) in [5, 5.41) is 3.81. The highest BCUT2D eigenvalue weighted by atomic mass is 16.1. The van der Waals surface area contributed by atoms with E-state index in [1.807, 2.05) is 18.2 Å². The summed E-state index contributed by atoms with van der Waals surface area (Å²) >= 11 is 0. The lowest BCUT2D eigenvalue weighted by Crippen LogP contribution is -2.24. The minimum Gasteiger partial charge on any atom is -0.399 e. The first-order chi connectivity index (χ1) is 8.72. The number of carbonyl (C=O) groups is 1. The molecule has 0 saturated heterocycles. The van der Waals surface area contributed by atoms with Crippen molar-refractivity contribution in [2.45, 2.75) is 26.2 Å². The molecule has 0 unspecified atom stereocenters. The molecule has 0 bridgehead atoms. The summed E-state index contributed by atoms with van der Waals surface area (Å²) in [7, 11) is 0. The van der Waals surface area contributed by atoms with Gasteiger partial charge in [-0.3, -0.25) is 4.79 Å². The van der Waals surface area contributed by atoms with Crippen LogP contribution >= 0.6 is 0 Å². The van der Waals surface area contributed by atoms with Crippen LogP contribution in [0.25, 0.3) is 10.9 Å². The number of unbranched alkanes of at least 4 members (excludes halogenated alkanes) is 2. The molecule has 4 N–H and O–H groups in total. The van der Waals surface area contributed by atoms with E-state index < -0.39 is 0 Å². The average molecular weight is 245 g/mol. The van der Waals surface area contributed by atoms with Gasteiger partial charge in [0.25, 0.3) is 5.91 Å². The quantitative estimate of drug-likeness (QED) is 0.560. The molecule has 0 aliphatic rings. The van der Waals surface area contributed by atoms with E-state index in [1.165, 1.54) is 0 Å². The molecule has 1 amide bonds. The number of anilines is 1. The van der Waals surface area contributed by atoms with Crippen LogP contribution in [0.4, 0.5) is 5.69 Å². The molecule has 96 valence electrons. The Morgan fingerprint density at radius 3 is 3.00 bits per heavy atom. The zero-order valence-electron chi connectivity index (χ0n) is 10.6. The summed E-state index contributed by atoms with van der Waals surface area (Å²) in [5.74, 6) is -0.0389. The van der Waals surface area contributed by atoms with E-state index in [2.05, 4.69) is 17.2 Å². The molecule has 18 heavy (non-hydrogen) atoms. The predicted octanol–water partition coefficient (Wildman–Crippen LogP) is 2.67. The van der Waals surface area contributed by atoms with Crippen LogP contribution in [-0.4, -0.2) is 17.4 Å². The Morgan fingerprint density at radius 1 is 1.39 bits per heavy atom. The zero-order chi connectivity index (χ0) is 13.0. The number of nitrogens with two attached hydrogens (primary N) is 1. The van der Waals surface area contributed by atoms with Crippen molar-refractivity contribution in [3.8, 4) is 0 Å². The van der Waals surface area contributed by atoms with Crippen molar-refractivity contribution >= 4 is 22.5 Å². The van der Waals surface area contributed by atoms with Crippen molar-refractivity contribution in [2.24, 2.45) is 0 Å². The fourth-order valence-electron chi connectivity index (χ4n) is 2.00. The first-order valence-corrected chi connectivity index (χ1v) is 6.37. The van der Waals surface area contributed by atoms with Gasteiger partial charge in [0, 0.05) is 29.3 Å². The second-order valence-corrected chi connectivity index (χ2v) is 4.47. The van der Waals surface area contributed by atoms with Gasteiger partial charge in [-0.05, 0) is 24.6 Å². The van der Waals surface area contributed by atoms with Crippen LogP contribution in [0.1, 0.15) is 36.5 Å². The molecule has 2 aromatic rings. The maximum atomic E-state index is 12.0. The number of nitrogen functional groups attached to an aromatic ring is 1. The molecule has 4 nitrogen and oxygen atoms in total. The van der Waals surface area contributed by atoms with Gasteiger partial charge in [-0.25, -0.2) is 0 Å². The van der Waals surface area contributed by atoms with E-state index in [4.69, 9.17) is 5.73 Å². The van der Waals surface area contributed by atoms with Gasteiger partial charge >= 0.3 is 0 Å². The third-order valence-electron chi connectivity index (χ3n) is 3.02. The Morgan fingerprint density at radius 2 is 2.22 bits per heavy atom. The molecule has 1 heterocycles. The highest BCUT2D eigenvalue weighted by Crippen LogP contribution is 2.20. The van der Waals surface area contributed by atoms with Crippen molar-refractivity contribution in [1.29, 1.82) is 0 Å². The summed E-state index contributed by atoms with van der Waals surface area (Å²) in [6.45, 7) is 2.87. The monoisotopic (exact) mass is 245 g/mol. The fraction of sp³-hybridized carbons (Fsp3) is 0.357. The Hall–Kier alpha value is -1.97. The Balaban J connectivity index is 2.10. The van der Waals surface area contributed by atoms with E-state index in [0.29, 0.717) is 11.3 Å². The van der Waals surface area contributed by atoms with E-state index in [-0.39, 0.29) is 5.91 Å². The van der Waals surface area contributed by atoms with Crippen LogP contribution < -0.4 is 11.1 Å². The highest BCUT2D eigenvalue weighted by Gasteiger charge is 2.11. The van der Waals surface area contributed by atoms with Crippen molar-refractivity contribution in [3.63, 3.8) is 0 Å². The Labute approximate surface area is 107 Å². The van der Waals surface area contributed by atoms with Crippen LogP contribution in [0, 0.1) is 0 Å². The third kappa shape index (κ3) is 2.64. The van der Waals surface area contributed by atoms with Crippen LogP contribution in [0.2, 0.25) is 0 Å². The minimum absolute atomic E-state index is 0.0389. The number of aromatic nitrogens is 1. The number of fused-ring (bicyclic) bond motifs is 1. The van der Waals surface area contributed by atoms with Crippen LogP contribution in [-0.2, 0) is 0 Å². The minimum atomic E-state index is -0.0389. The van der Waals surface area contributed by atoms with Gasteiger partial charge in [-0.1, -0.05) is 19.8 Å². The van der Waals surface area contributed by atoms with Gasteiger partial charge in [0.1, 0.15) is 0 Å². The van der Waals surface area contributed by atoms with Crippen molar-refractivity contribution in [1.82, 2.24) is 10.3 Å². The normalized spacial score (nSPS) is 10.7. The summed E-state index contributed by atoms with van der Waals surface area (Å²) in [4.78, 5) is 15.1. The molecule has 4 heteroatoms. The van der Waals surface area contributed by atoms with Gasteiger partial charge in [0.15, 0.2) is 0 Å². The SMILES string of the molecule is CCCCCNC(=O)c1c[nH]c2ccc(N)cc12. The molecule has 1 aromatic carbocycles.